The van der Waals surface area contributed by atoms with Crippen molar-refractivity contribution in [3.63, 3.8) is 0 Å². The first kappa shape index (κ1) is 27.1. The number of ether oxygens (including phenoxy) is 2. The Labute approximate surface area is 228 Å². The summed E-state index contributed by atoms with van der Waals surface area (Å²) < 4.78 is 10.7. The molecule has 8 atom stereocenters. The van der Waals surface area contributed by atoms with E-state index in [1.807, 2.05) is 36.2 Å². The molecule has 6 heteroatoms. The number of hydrogen-bond acceptors (Lipinski definition) is 4. The molecule has 3 aliphatic carbocycles. The maximum absolute atomic E-state index is 12.8. The van der Waals surface area contributed by atoms with Crippen LogP contribution in [0.5, 0.6) is 11.5 Å². The number of nitrogens with zero attached hydrogens (tertiary/aromatic N) is 1. The Bertz CT molecular complexity index is 1100. The lowest BCUT2D eigenvalue weighted by Crippen LogP contribution is -2.59. The summed E-state index contributed by atoms with van der Waals surface area (Å²) in [6.45, 7) is 8.03. The highest BCUT2D eigenvalue weighted by molar-refractivity contribution is 5.89. The monoisotopic (exact) mass is 522 g/mol. The summed E-state index contributed by atoms with van der Waals surface area (Å²) >= 11 is 0. The van der Waals surface area contributed by atoms with Crippen molar-refractivity contribution in [2.45, 2.75) is 71.8 Å². The van der Waals surface area contributed by atoms with Crippen molar-refractivity contribution in [1.82, 2.24) is 10.2 Å². The number of fused-ring (bicyclic) bond motifs is 5. The lowest BCUT2D eigenvalue weighted by Gasteiger charge is -2.60. The van der Waals surface area contributed by atoms with E-state index in [9.17, 15) is 9.59 Å². The molecular weight excluding hydrogens is 476 g/mol. The summed E-state index contributed by atoms with van der Waals surface area (Å²) in [5.74, 6) is 4.75. The highest BCUT2D eigenvalue weighted by atomic mass is 16.5. The zero-order valence-corrected chi connectivity index (χ0v) is 24.1. The molecule has 1 aliphatic heterocycles. The van der Waals surface area contributed by atoms with Crippen LogP contribution in [-0.4, -0.2) is 50.6 Å². The van der Waals surface area contributed by atoms with Gasteiger partial charge < -0.3 is 19.7 Å². The minimum Gasteiger partial charge on any atom is -0.493 e. The molecule has 0 aromatic heterocycles. The molecule has 2 unspecified atom stereocenters. The molecule has 5 rings (SSSR count). The standard InChI is InChI=1S/C32H46N2O4/c1-20(19-33-29(35)18-21-7-11-26(37-5)27(17-21)38-6)23-9-10-24-22-8-12-28-32(3,16-14-30(36)34(28)4)25(22)13-15-31(23,24)2/h7,11,14,16-17,20,22-25,28H,8-10,12-13,15,18-19H2,1-6H3,(H,33,35)/t20?,22-,23+,24-,25-,28?,31+,32+/m0/s1. The summed E-state index contributed by atoms with van der Waals surface area (Å²) in [7, 11) is 5.23. The van der Waals surface area contributed by atoms with Crippen LogP contribution >= 0.6 is 0 Å². The highest BCUT2D eigenvalue weighted by Gasteiger charge is 2.60. The van der Waals surface area contributed by atoms with Crippen LogP contribution in [0.2, 0.25) is 0 Å². The van der Waals surface area contributed by atoms with Gasteiger partial charge in [0.25, 0.3) is 0 Å². The van der Waals surface area contributed by atoms with Gasteiger partial charge in [0.05, 0.1) is 20.6 Å². The van der Waals surface area contributed by atoms with E-state index in [1.54, 1.807) is 14.2 Å². The molecule has 1 heterocycles. The number of benzene rings is 1. The minimum atomic E-state index is 0.0569. The predicted octanol–water partition coefficient (Wildman–Crippen LogP) is 5.25. The van der Waals surface area contributed by atoms with E-state index in [0.717, 1.165) is 30.4 Å². The second-order valence-electron chi connectivity index (χ2n) is 13.0. The van der Waals surface area contributed by atoms with Crippen LogP contribution in [0, 0.1) is 40.4 Å². The Morgan fingerprint density at radius 3 is 2.58 bits per heavy atom. The molecule has 208 valence electrons. The summed E-state index contributed by atoms with van der Waals surface area (Å²) in [6.07, 6.45) is 11.8. The molecule has 1 aromatic rings. The molecule has 1 aromatic carbocycles. The van der Waals surface area contributed by atoms with Gasteiger partial charge in [-0.3, -0.25) is 9.59 Å². The van der Waals surface area contributed by atoms with Crippen molar-refractivity contribution in [2.75, 3.05) is 27.8 Å². The summed E-state index contributed by atoms with van der Waals surface area (Å²) in [6, 6.07) is 6.00. The first-order valence-corrected chi connectivity index (χ1v) is 14.6. The fraction of sp³-hybridized carbons (Fsp3) is 0.688. The van der Waals surface area contributed by atoms with Crippen LogP contribution in [0.4, 0.5) is 0 Å². The molecule has 1 N–H and O–H groups in total. The molecule has 2 amide bonds. The number of hydrogen-bond donors (Lipinski definition) is 1. The summed E-state index contributed by atoms with van der Waals surface area (Å²) in [5.41, 5.74) is 1.35. The van der Waals surface area contributed by atoms with Crippen molar-refractivity contribution < 1.29 is 19.1 Å². The smallest absolute Gasteiger partial charge is 0.246 e. The fourth-order valence-electron chi connectivity index (χ4n) is 9.37. The number of carbonyl (C=O) groups is 2. The molecular formula is C32H46N2O4. The Morgan fingerprint density at radius 2 is 1.84 bits per heavy atom. The maximum atomic E-state index is 12.8. The quantitative estimate of drug-likeness (QED) is 0.531. The zero-order valence-electron chi connectivity index (χ0n) is 24.1. The topological polar surface area (TPSA) is 67.9 Å². The zero-order chi connectivity index (χ0) is 27.2. The van der Waals surface area contributed by atoms with Crippen LogP contribution in [0.1, 0.15) is 64.9 Å². The largest absolute Gasteiger partial charge is 0.493 e. The van der Waals surface area contributed by atoms with E-state index in [2.05, 4.69) is 32.2 Å². The van der Waals surface area contributed by atoms with Gasteiger partial charge in [0.1, 0.15) is 0 Å². The molecule has 0 spiro atoms. The average Bonchev–Trinajstić information content (AvgIpc) is 3.27. The SMILES string of the molecule is COc1ccc(CC(=O)NCC(C)[C@H]2CC[C@H]3[C@@H]4CCC5N(C)C(=O)C=C[C@]5(C)[C@H]4CC[C@]23C)cc1OC. The number of rotatable bonds is 7. The van der Waals surface area contributed by atoms with Gasteiger partial charge in [0.15, 0.2) is 11.5 Å². The maximum Gasteiger partial charge on any atom is 0.246 e. The van der Waals surface area contributed by atoms with Gasteiger partial charge in [-0.15, -0.1) is 0 Å². The third-order valence-corrected chi connectivity index (χ3v) is 11.3. The van der Waals surface area contributed by atoms with Gasteiger partial charge in [-0.2, -0.15) is 0 Å². The van der Waals surface area contributed by atoms with Crippen molar-refractivity contribution in [1.29, 1.82) is 0 Å². The Balaban J connectivity index is 1.22. The second-order valence-corrected chi connectivity index (χ2v) is 13.0. The second kappa shape index (κ2) is 10.2. The fourth-order valence-corrected chi connectivity index (χ4v) is 9.37. The van der Waals surface area contributed by atoms with Crippen LogP contribution < -0.4 is 14.8 Å². The van der Waals surface area contributed by atoms with Crippen LogP contribution in [0.15, 0.2) is 30.4 Å². The van der Waals surface area contributed by atoms with Crippen molar-refractivity contribution in [2.24, 2.45) is 40.4 Å². The van der Waals surface area contributed by atoms with Crippen LogP contribution in [-0.2, 0) is 16.0 Å². The van der Waals surface area contributed by atoms with Crippen LogP contribution in [0.3, 0.4) is 0 Å². The number of carbonyl (C=O) groups excluding carboxylic acids is 2. The molecule has 4 aliphatic rings. The third kappa shape index (κ3) is 4.42. The molecule has 0 saturated heterocycles. The number of methoxy groups -OCH3 is 2. The lowest BCUT2D eigenvalue weighted by atomic mass is 9.47. The van der Waals surface area contributed by atoms with Gasteiger partial charge in [-0.1, -0.05) is 32.9 Å². The van der Waals surface area contributed by atoms with Crippen molar-refractivity contribution in [3.05, 3.63) is 35.9 Å². The number of likely N-dealkylation sites (N-methyl/N-ethyl adjacent to an activating group) is 1. The summed E-state index contributed by atoms with van der Waals surface area (Å²) in [4.78, 5) is 27.2. The first-order valence-electron chi connectivity index (χ1n) is 14.6. The Morgan fingerprint density at radius 1 is 1.08 bits per heavy atom. The van der Waals surface area contributed by atoms with E-state index < -0.39 is 0 Å². The van der Waals surface area contributed by atoms with Crippen molar-refractivity contribution >= 4 is 11.8 Å². The van der Waals surface area contributed by atoms with Gasteiger partial charge in [0, 0.05) is 25.0 Å². The van der Waals surface area contributed by atoms with E-state index in [1.165, 1.54) is 32.1 Å². The molecule has 3 fully saturated rings. The van der Waals surface area contributed by atoms with Gasteiger partial charge >= 0.3 is 0 Å². The predicted molar refractivity (Wildman–Crippen MR) is 149 cm³/mol. The van der Waals surface area contributed by atoms with Crippen molar-refractivity contribution in [3.8, 4) is 11.5 Å². The number of nitrogens with one attached hydrogen (secondary N) is 1. The molecule has 6 nitrogen and oxygen atoms in total. The first-order chi connectivity index (χ1) is 18.1. The van der Waals surface area contributed by atoms with Gasteiger partial charge in [0.2, 0.25) is 11.8 Å². The van der Waals surface area contributed by atoms with E-state index >= 15 is 0 Å². The summed E-state index contributed by atoms with van der Waals surface area (Å²) in [5, 5.41) is 3.24. The van der Waals surface area contributed by atoms with E-state index in [-0.39, 0.29) is 17.2 Å². The molecule has 38 heavy (non-hydrogen) atoms. The van der Waals surface area contributed by atoms with Crippen LogP contribution in [0.25, 0.3) is 0 Å². The molecule has 3 saturated carbocycles. The van der Waals surface area contributed by atoms with E-state index in [4.69, 9.17) is 9.47 Å². The van der Waals surface area contributed by atoms with E-state index in [0.29, 0.717) is 47.1 Å². The Kier molecular flexibility index (Phi) is 7.30. The third-order valence-electron chi connectivity index (χ3n) is 11.3. The van der Waals surface area contributed by atoms with Gasteiger partial charge in [-0.25, -0.2) is 0 Å². The Hall–Kier alpha value is -2.50. The van der Waals surface area contributed by atoms with Gasteiger partial charge in [-0.05, 0) is 97.3 Å². The lowest BCUT2D eigenvalue weighted by molar-refractivity contribution is -0.139. The minimum absolute atomic E-state index is 0.0569. The molecule has 0 radical (unpaired) electrons. The highest BCUT2D eigenvalue weighted by Crippen LogP contribution is 2.66. The normalized spacial score (nSPS) is 36.6. The molecule has 0 bridgehead atoms. The average molecular weight is 523 g/mol. The number of amides is 2.